The van der Waals surface area contributed by atoms with Gasteiger partial charge >= 0.3 is 0 Å². The molecule has 0 radical (unpaired) electrons. The number of sulfonamides is 1. The van der Waals surface area contributed by atoms with Crippen molar-refractivity contribution in [3.63, 3.8) is 0 Å². The minimum Gasteiger partial charge on any atom is -0.225 e. The molecular formula is C15H15N5O2S. The number of benzene rings is 2. The maximum Gasteiger partial charge on any atom is 0.241 e. The average Bonchev–Trinajstić information content (AvgIpc) is 3.30. The molecule has 8 heteroatoms. The predicted molar refractivity (Wildman–Crippen MR) is 84.1 cm³/mol. The van der Waals surface area contributed by atoms with Crippen molar-refractivity contribution in [2.24, 2.45) is 0 Å². The third kappa shape index (κ3) is 2.71. The van der Waals surface area contributed by atoms with Crippen molar-refractivity contribution in [1.82, 2.24) is 24.9 Å². The average molecular weight is 329 g/mol. The zero-order chi connectivity index (χ0) is 15.9. The van der Waals surface area contributed by atoms with Crippen LogP contribution in [0.3, 0.4) is 0 Å². The third-order valence-corrected chi connectivity index (χ3v) is 5.37. The van der Waals surface area contributed by atoms with Crippen molar-refractivity contribution >= 4 is 20.8 Å². The molecule has 0 atom stereocenters. The highest BCUT2D eigenvalue weighted by Gasteiger charge is 2.28. The van der Waals surface area contributed by atoms with Gasteiger partial charge in [-0.05, 0) is 34.7 Å². The van der Waals surface area contributed by atoms with Crippen LogP contribution in [0.2, 0.25) is 0 Å². The monoisotopic (exact) mass is 329 g/mol. The fourth-order valence-corrected chi connectivity index (χ4v) is 3.81. The molecule has 1 aromatic heterocycles. The third-order valence-electron chi connectivity index (χ3n) is 3.91. The Balaban J connectivity index is 1.63. The van der Waals surface area contributed by atoms with Crippen LogP contribution in [0, 0.1) is 0 Å². The van der Waals surface area contributed by atoms with Crippen molar-refractivity contribution in [3.8, 4) is 0 Å². The Labute approximate surface area is 133 Å². The lowest BCUT2D eigenvalue weighted by Crippen LogP contribution is -2.25. The molecule has 1 fully saturated rings. The Kier molecular flexibility index (Phi) is 3.35. The molecule has 0 amide bonds. The highest BCUT2D eigenvalue weighted by molar-refractivity contribution is 7.89. The van der Waals surface area contributed by atoms with E-state index in [1.807, 2.05) is 24.3 Å². The number of rotatable bonds is 5. The van der Waals surface area contributed by atoms with Gasteiger partial charge in [0.2, 0.25) is 10.0 Å². The summed E-state index contributed by atoms with van der Waals surface area (Å²) in [6, 6.07) is 13.0. The summed E-state index contributed by atoms with van der Waals surface area (Å²) in [7, 11) is -3.64. The van der Waals surface area contributed by atoms with Gasteiger partial charge in [0, 0.05) is 5.39 Å². The van der Waals surface area contributed by atoms with Crippen molar-refractivity contribution in [3.05, 3.63) is 48.3 Å². The molecule has 1 aliphatic carbocycles. The van der Waals surface area contributed by atoms with Gasteiger partial charge < -0.3 is 0 Å². The van der Waals surface area contributed by atoms with E-state index in [-0.39, 0.29) is 11.4 Å². The molecule has 1 aliphatic rings. The Morgan fingerprint density at radius 1 is 1.13 bits per heavy atom. The summed E-state index contributed by atoms with van der Waals surface area (Å²) in [5.41, 5.74) is 0. The standard InChI is InChI=1S/C15H15N5O2S/c21-23(22,14-7-3-5-11-4-1-2-6-13(11)14)16-10-15-17-18-19-20(15)12-8-9-12/h1-7,12,16H,8-10H2. The fraction of sp³-hybridized carbons (Fsp3) is 0.267. The molecular weight excluding hydrogens is 314 g/mol. The van der Waals surface area contributed by atoms with E-state index in [1.165, 1.54) is 0 Å². The zero-order valence-corrected chi connectivity index (χ0v) is 13.1. The quantitative estimate of drug-likeness (QED) is 0.768. The van der Waals surface area contributed by atoms with Gasteiger partial charge in [0.1, 0.15) is 0 Å². The minimum atomic E-state index is -3.64. The molecule has 0 bridgehead atoms. The summed E-state index contributed by atoms with van der Waals surface area (Å²) in [6.07, 6.45) is 2.07. The normalized spacial score (nSPS) is 15.1. The zero-order valence-electron chi connectivity index (χ0n) is 12.3. The maximum atomic E-state index is 12.6. The summed E-state index contributed by atoms with van der Waals surface area (Å²) in [6.45, 7) is 0.0784. The smallest absolute Gasteiger partial charge is 0.225 e. The van der Waals surface area contributed by atoms with Crippen LogP contribution in [0.1, 0.15) is 24.7 Å². The lowest BCUT2D eigenvalue weighted by molar-refractivity contribution is 0.559. The van der Waals surface area contributed by atoms with Gasteiger partial charge in [-0.2, -0.15) is 0 Å². The van der Waals surface area contributed by atoms with Crippen LogP contribution in [0.5, 0.6) is 0 Å². The molecule has 1 heterocycles. The first-order valence-corrected chi connectivity index (χ1v) is 8.88. The number of hydrogen-bond donors (Lipinski definition) is 1. The molecule has 0 spiro atoms. The largest absolute Gasteiger partial charge is 0.241 e. The minimum absolute atomic E-state index is 0.0784. The van der Waals surface area contributed by atoms with Crippen molar-refractivity contribution < 1.29 is 8.42 Å². The number of nitrogens with zero attached hydrogens (tertiary/aromatic N) is 4. The number of aromatic nitrogens is 4. The molecule has 3 aromatic rings. The van der Waals surface area contributed by atoms with E-state index in [2.05, 4.69) is 20.2 Å². The Morgan fingerprint density at radius 3 is 2.74 bits per heavy atom. The maximum absolute atomic E-state index is 12.6. The second-order valence-corrected chi connectivity index (χ2v) is 7.31. The van der Waals surface area contributed by atoms with Crippen molar-refractivity contribution in [2.45, 2.75) is 30.3 Å². The van der Waals surface area contributed by atoms with E-state index >= 15 is 0 Å². The van der Waals surface area contributed by atoms with E-state index in [9.17, 15) is 8.42 Å². The summed E-state index contributed by atoms with van der Waals surface area (Å²) in [5, 5.41) is 13.1. The fourth-order valence-electron chi connectivity index (χ4n) is 2.60. The topological polar surface area (TPSA) is 89.8 Å². The highest BCUT2D eigenvalue weighted by Crippen LogP contribution is 2.34. The van der Waals surface area contributed by atoms with Crippen LogP contribution in [-0.2, 0) is 16.6 Å². The summed E-state index contributed by atoms with van der Waals surface area (Å²) < 4.78 is 29.6. The molecule has 1 N–H and O–H groups in total. The van der Waals surface area contributed by atoms with Crippen molar-refractivity contribution in [2.75, 3.05) is 0 Å². The van der Waals surface area contributed by atoms with E-state index in [1.54, 1.807) is 22.9 Å². The lowest BCUT2D eigenvalue weighted by atomic mass is 10.1. The Hall–Kier alpha value is -2.32. The first-order chi connectivity index (χ1) is 11.1. The van der Waals surface area contributed by atoms with E-state index in [0.29, 0.717) is 17.3 Å². The van der Waals surface area contributed by atoms with E-state index in [4.69, 9.17) is 0 Å². The van der Waals surface area contributed by atoms with Crippen LogP contribution in [0.25, 0.3) is 10.8 Å². The number of tetrazole rings is 1. The van der Waals surface area contributed by atoms with Gasteiger partial charge in [-0.25, -0.2) is 17.8 Å². The first kappa shape index (κ1) is 14.3. The highest BCUT2D eigenvalue weighted by atomic mass is 32.2. The van der Waals surface area contributed by atoms with Gasteiger partial charge in [-0.3, -0.25) is 0 Å². The van der Waals surface area contributed by atoms with Crippen LogP contribution in [0.4, 0.5) is 0 Å². The molecule has 118 valence electrons. The van der Waals surface area contributed by atoms with Gasteiger partial charge in [0.15, 0.2) is 5.82 Å². The molecule has 0 unspecified atom stereocenters. The van der Waals surface area contributed by atoms with E-state index < -0.39 is 10.0 Å². The van der Waals surface area contributed by atoms with Gasteiger partial charge in [0.25, 0.3) is 0 Å². The molecule has 0 aliphatic heterocycles. The molecule has 2 aromatic carbocycles. The summed E-state index contributed by atoms with van der Waals surface area (Å²) >= 11 is 0. The summed E-state index contributed by atoms with van der Waals surface area (Å²) in [4.78, 5) is 0.265. The Morgan fingerprint density at radius 2 is 1.91 bits per heavy atom. The van der Waals surface area contributed by atoms with Crippen LogP contribution >= 0.6 is 0 Å². The van der Waals surface area contributed by atoms with Gasteiger partial charge in [0.05, 0.1) is 17.5 Å². The number of nitrogens with one attached hydrogen (secondary N) is 1. The van der Waals surface area contributed by atoms with Crippen LogP contribution in [-0.4, -0.2) is 28.6 Å². The number of hydrogen-bond acceptors (Lipinski definition) is 5. The number of fused-ring (bicyclic) bond motifs is 1. The first-order valence-electron chi connectivity index (χ1n) is 7.39. The molecule has 7 nitrogen and oxygen atoms in total. The predicted octanol–water partition coefficient (Wildman–Crippen LogP) is 1.64. The van der Waals surface area contributed by atoms with Gasteiger partial charge in [-0.1, -0.05) is 36.4 Å². The summed E-state index contributed by atoms with van der Waals surface area (Å²) in [5.74, 6) is 0.538. The molecule has 1 saturated carbocycles. The van der Waals surface area contributed by atoms with Gasteiger partial charge in [-0.15, -0.1) is 5.10 Å². The lowest BCUT2D eigenvalue weighted by Gasteiger charge is -2.09. The van der Waals surface area contributed by atoms with Crippen LogP contribution < -0.4 is 4.72 Å². The second-order valence-electron chi connectivity index (χ2n) is 5.57. The van der Waals surface area contributed by atoms with Crippen molar-refractivity contribution in [1.29, 1.82) is 0 Å². The molecule has 23 heavy (non-hydrogen) atoms. The van der Waals surface area contributed by atoms with E-state index in [0.717, 1.165) is 18.2 Å². The molecule has 4 rings (SSSR count). The molecule has 0 saturated heterocycles. The SMILES string of the molecule is O=S(=O)(NCc1nnnn1C1CC1)c1cccc2ccccc12. The Bertz CT molecular complexity index is 957. The van der Waals surface area contributed by atoms with Crippen LogP contribution in [0.15, 0.2) is 47.4 Å². The second kappa shape index (κ2) is 5.39.